The second-order valence-electron chi connectivity index (χ2n) is 8.19. The van der Waals surface area contributed by atoms with Gasteiger partial charge in [0.1, 0.15) is 0 Å². The van der Waals surface area contributed by atoms with Crippen LogP contribution in [-0.4, -0.2) is 25.0 Å². The number of carbonyl (C=O) groups is 1. The summed E-state index contributed by atoms with van der Waals surface area (Å²) >= 11 is 0. The fraction of sp³-hybridized carbons (Fsp3) is 0.667. The highest BCUT2D eigenvalue weighted by Gasteiger charge is 2.26. The minimum Gasteiger partial charge on any atom is -0.354 e. The molecule has 0 aromatic heterocycles. The van der Waals surface area contributed by atoms with E-state index in [0.29, 0.717) is 18.3 Å². The van der Waals surface area contributed by atoms with Gasteiger partial charge < -0.3 is 10.6 Å². The SMILES string of the molecule is CC(CC(C)(C)c1ccccc1)NC(=O)CC(C)C1CCNCC1. The lowest BCUT2D eigenvalue weighted by Gasteiger charge is -2.30. The Bertz CT molecular complexity index is 506. The molecule has 134 valence electrons. The molecule has 1 aliphatic rings. The molecule has 2 atom stereocenters. The Morgan fingerprint density at radius 3 is 2.46 bits per heavy atom. The molecule has 1 saturated heterocycles. The van der Waals surface area contributed by atoms with Crippen molar-refractivity contribution in [2.24, 2.45) is 11.8 Å². The first kappa shape index (κ1) is 19.0. The van der Waals surface area contributed by atoms with Crippen molar-refractivity contribution < 1.29 is 4.79 Å². The van der Waals surface area contributed by atoms with Crippen molar-refractivity contribution in [3.63, 3.8) is 0 Å². The summed E-state index contributed by atoms with van der Waals surface area (Å²) in [4.78, 5) is 12.4. The van der Waals surface area contributed by atoms with Gasteiger partial charge in [-0.3, -0.25) is 4.79 Å². The summed E-state index contributed by atoms with van der Waals surface area (Å²) in [7, 11) is 0. The minimum absolute atomic E-state index is 0.0641. The first-order chi connectivity index (χ1) is 11.4. The summed E-state index contributed by atoms with van der Waals surface area (Å²) in [5.41, 5.74) is 1.39. The number of benzene rings is 1. The molecule has 1 aromatic rings. The first-order valence-corrected chi connectivity index (χ1v) is 9.44. The largest absolute Gasteiger partial charge is 0.354 e. The van der Waals surface area contributed by atoms with E-state index in [1.807, 2.05) is 6.07 Å². The second kappa shape index (κ2) is 8.66. The molecule has 1 fully saturated rings. The van der Waals surface area contributed by atoms with E-state index < -0.39 is 0 Å². The van der Waals surface area contributed by atoms with Gasteiger partial charge in [-0.2, -0.15) is 0 Å². The van der Waals surface area contributed by atoms with Gasteiger partial charge in [0.15, 0.2) is 0 Å². The van der Waals surface area contributed by atoms with E-state index in [1.165, 1.54) is 18.4 Å². The molecule has 0 spiro atoms. The molecule has 2 N–H and O–H groups in total. The zero-order valence-corrected chi connectivity index (χ0v) is 15.8. The minimum atomic E-state index is 0.0641. The quantitative estimate of drug-likeness (QED) is 0.796. The second-order valence-corrected chi connectivity index (χ2v) is 8.19. The summed E-state index contributed by atoms with van der Waals surface area (Å²) in [6.45, 7) is 11.0. The van der Waals surface area contributed by atoms with Crippen LogP contribution < -0.4 is 10.6 Å². The van der Waals surface area contributed by atoms with E-state index in [9.17, 15) is 4.79 Å². The predicted molar refractivity (Wildman–Crippen MR) is 101 cm³/mol. The number of piperidine rings is 1. The molecule has 1 aliphatic heterocycles. The van der Waals surface area contributed by atoms with Crippen molar-refractivity contribution >= 4 is 5.91 Å². The molecule has 0 aliphatic carbocycles. The Morgan fingerprint density at radius 2 is 1.83 bits per heavy atom. The maximum absolute atomic E-state index is 12.4. The molecular formula is C21H34N2O. The number of carbonyl (C=O) groups excluding carboxylic acids is 1. The molecule has 1 heterocycles. The van der Waals surface area contributed by atoms with Crippen LogP contribution in [-0.2, 0) is 10.2 Å². The molecule has 2 unspecified atom stereocenters. The van der Waals surface area contributed by atoms with Gasteiger partial charge >= 0.3 is 0 Å². The Morgan fingerprint density at radius 1 is 1.21 bits per heavy atom. The van der Waals surface area contributed by atoms with Crippen LogP contribution in [0.15, 0.2) is 30.3 Å². The van der Waals surface area contributed by atoms with Crippen molar-refractivity contribution in [2.45, 2.75) is 64.8 Å². The smallest absolute Gasteiger partial charge is 0.220 e. The van der Waals surface area contributed by atoms with Crippen molar-refractivity contribution in [3.05, 3.63) is 35.9 Å². The van der Waals surface area contributed by atoms with Crippen LogP contribution in [0.5, 0.6) is 0 Å². The third-order valence-electron chi connectivity index (χ3n) is 5.48. The van der Waals surface area contributed by atoms with E-state index in [-0.39, 0.29) is 17.4 Å². The van der Waals surface area contributed by atoms with Gasteiger partial charge in [-0.05, 0) is 62.1 Å². The van der Waals surface area contributed by atoms with Gasteiger partial charge in [0.05, 0.1) is 0 Å². The zero-order chi connectivity index (χ0) is 17.6. The molecule has 0 saturated carbocycles. The lowest BCUT2D eigenvalue weighted by molar-refractivity contribution is -0.123. The number of rotatable bonds is 7. The molecule has 3 nitrogen and oxygen atoms in total. The van der Waals surface area contributed by atoms with Crippen LogP contribution >= 0.6 is 0 Å². The Balaban J connectivity index is 1.80. The number of hydrogen-bond donors (Lipinski definition) is 2. The molecule has 2 rings (SSSR count). The van der Waals surface area contributed by atoms with Crippen molar-refractivity contribution in [1.29, 1.82) is 0 Å². The monoisotopic (exact) mass is 330 g/mol. The Kier molecular flexibility index (Phi) is 6.85. The van der Waals surface area contributed by atoms with Gasteiger partial charge in [0.25, 0.3) is 0 Å². The molecule has 24 heavy (non-hydrogen) atoms. The number of amides is 1. The molecule has 3 heteroatoms. The molecule has 1 amide bonds. The highest BCUT2D eigenvalue weighted by Crippen LogP contribution is 2.28. The molecule has 0 radical (unpaired) electrons. The third kappa shape index (κ3) is 5.62. The zero-order valence-electron chi connectivity index (χ0n) is 15.8. The van der Waals surface area contributed by atoms with Crippen LogP contribution in [0.4, 0.5) is 0 Å². The predicted octanol–water partition coefficient (Wildman–Crippen LogP) is 3.88. The maximum Gasteiger partial charge on any atom is 0.220 e. The average Bonchev–Trinajstić information content (AvgIpc) is 2.55. The van der Waals surface area contributed by atoms with Gasteiger partial charge in [0.2, 0.25) is 5.91 Å². The third-order valence-corrected chi connectivity index (χ3v) is 5.48. The Hall–Kier alpha value is -1.35. The summed E-state index contributed by atoms with van der Waals surface area (Å²) < 4.78 is 0. The summed E-state index contributed by atoms with van der Waals surface area (Å²) in [6.07, 6.45) is 4.00. The van der Waals surface area contributed by atoms with E-state index in [4.69, 9.17) is 0 Å². The van der Waals surface area contributed by atoms with Gasteiger partial charge in [-0.15, -0.1) is 0 Å². The van der Waals surface area contributed by atoms with Crippen LogP contribution in [0.2, 0.25) is 0 Å². The van der Waals surface area contributed by atoms with E-state index in [0.717, 1.165) is 19.5 Å². The van der Waals surface area contributed by atoms with Gasteiger partial charge in [-0.1, -0.05) is 51.1 Å². The maximum atomic E-state index is 12.4. The van der Waals surface area contributed by atoms with Crippen LogP contribution in [0, 0.1) is 11.8 Å². The van der Waals surface area contributed by atoms with Crippen molar-refractivity contribution in [3.8, 4) is 0 Å². The normalized spacial score (nSPS) is 18.8. The Labute approximate surface area is 147 Å². The molecule has 1 aromatic carbocycles. The summed E-state index contributed by atoms with van der Waals surface area (Å²) in [5, 5.41) is 6.62. The van der Waals surface area contributed by atoms with Crippen molar-refractivity contribution in [2.75, 3.05) is 13.1 Å². The summed E-state index contributed by atoms with van der Waals surface area (Å²) in [5.74, 6) is 1.37. The highest BCUT2D eigenvalue weighted by molar-refractivity contribution is 5.76. The number of hydrogen-bond acceptors (Lipinski definition) is 2. The fourth-order valence-corrected chi connectivity index (χ4v) is 4.03. The van der Waals surface area contributed by atoms with Gasteiger partial charge in [-0.25, -0.2) is 0 Å². The highest BCUT2D eigenvalue weighted by atomic mass is 16.1. The lowest BCUT2D eigenvalue weighted by Crippen LogP contribution is -2.39. The van der Waals surface area contributed by atoms with Gasteiger partial charge in [0, 0.05) is 12.5 Å². The van der Waals surface area contributed by atoms with E-state index in [2.05, 4.69) is 62.6 Å². The molecular weight excluding hydrogens is 296 g/mol. The van der Waals surface area contributed by atoms with E-state index in [1.54, 1.807) is 0 Å². The number of nitrogens with one attached hydrogen (secondary N) is 2. The average molecular weight is 331 g/mol. The summed E-state index contributed by atoms with van der Waals surface area (Å²) in [6, 6.07) is 10.8. The fourth-order valence-electron chi connectivity index (χ4n) is 4.03. The standard InChI is InChI=1S/C21H34N2O/c1-16(18-10-12-22-13-11-18)14-20(24)23-17(2)15-21(3,4)19-8-6-5-7-9-19/h5-9,16-18,22H,10-15H2,1-4H3,(H,23,24). The van der Waals surface area contributed by atoms with E-state index >= 15 is 0 Å². The first-order valence-electron chi connectivity index (χ1n) is 9.44. The van der Waals surface area contributed by atoms with Crippen LogP contribution in [0.3, 0.4) is 0 Å². The topological polar surface area (TPSA) is 41.1 Å². The van der Waals surface area contributed by atoms with Crippen LogP contribution in [0.1, 0.15) is 58.9 Å². The van der Waals surface area contributed by atoms with Crippen LogP contribution in [0.25, 0.3) is 0 Å². The van der Waals surface area contributed by atoms with Crippen molar-refractivity contribution in [1.82, 2.24) is 10.6 Å². The molecule has 0 bridgehead atoms. The lowest BCUT2D eigenvalue weighted by atomic mass is 9.79.